The van der Waals surface area contributed by atoms with Crippen molar-refractivity contribution >= 4 is 72.5 Å². The Labute approximate surface area is 698 Å². The van der Waals surface area contributed by atoms with Crippen molar-refractivity contribution in [3.05, 3.63) is 364 Å². The molecule has 111 heavy (non-hydrogen) atoms. The molecule has 11 aromatic carbocycles. The molecule has 0 aromatic heterocycles. The van der Waals surface area contributed by atoms with Gasteiger partial charge in [0.2, 0.25) is 0 Å². The normalized spacial score (nSPS) is 11.0. The summed E-state index contributed by atoms with van der Waals surface area (Å²) in [6.45, 7) is 10.7. The van der Waals surface area contributed by atoms with Gasteiger partial charge in [-0.05, 0) is 226 Å². The SMILES string of the molecule is CCCCCOc1ccc(/C(=C(\c2ccccc2)c2ccc(C(C)=C(C#N)C#N)cc2)c2ccc(OCCCC[P+](c3ccccc3)(c3ccccc3)c3ccccc3)cc2)cc1.CCCCCOc1ccc(C(=C(c2ccccc2)c2ccc(C(C)=C(C#N)C#N)cc2)c2ccc(OCCCCBr)cc2)cc1.[Br-].[Br-].[Br-]. The van der Waals surface area contributed by atoms with Gasteiger partial charge in [0, 0.05) is 5.33 Å². The smallest absolute Gasteiger partial charge is 0.133 e. The first-order chi connectivity index (χ1) is 53.1. The zero-order valence-corrected chi connectivity index (χ0v) is 70.7. The number of nitriles is 4. The average Bonchev–Trinajstić information content (AvgIpc) is 0.775. The van der Waals surface area contributed by atoms with E-state index in [2.05, 4.69) is 266 Å². The van der Waals surface area contributed by atoms with Crippen LogP contribution in [0.4, 0.5) is 0 Å². The zero-order chi connectivity index (χ0) is 75.6. The van der Waals surface area contributed by atoms with Gasteiger partial charge in [-0.1, -0.05) is 268 Å². The number of nitrogens with zero attached hydrogens (tertiary/aromatic N) is 4. The van der Waals surface area contributed by atoms with Crippen LogP contribution in [-0.2, 0) is 0 Å². The Morgan fingerprint density at radius 3 is 0.739 bits per heavy atom. The molecule has 0 aliphatic rings. The van der Waals surface area contributed by atoms with E-state index in [0.29, 0.717) is 37.6 Å². The predicted octanol–water partition coefficient (Wildman–Crippen LogP) is 14.9. The second-order valence-corrected chi connectivity index (χ2v) is 30.8. The Morgan fingerprint density at radius 2 is 0.495 bits per heavy atom. The summed E-state index contributed by atoms with van der Waals surface area (Å²) in [7, 11) is -1.90. The number of hydrogen-bond acceptors (Lipinski definition) is 8. The highest BCUT2D eigenvalue weighted by Crippen LogP contribution is 2.56. The highest BCUT2D eigenvalue weighted by Gasteiger charge is 2.44. The molecule has 13 heteroatoms. The van der Waals surface area contributed by atoms with Gasteiger partial charge in [-0.25, -0.2) is 0 Å². The largest absolute Gasteiger partial charge is 1.00 e. The second kappa shape index (κ2) is 47.2. The predicted molar refractivity (Wildman–Crippen MR) is 453 cm³/mol. The Hall–Kier alpha value is -10.1. The van der Waals surface area contributed by atoms with E-state index in [1.807, 2.05) is 98.8 Å². The molecule has 0 atom stereocenters. The molecular formula is C98H93Br4N4O4P-2. The summed E-state index contributed by atoms with van der Waals surface area (Å²) in [6.07, 6.45) is 11.8. The Kier molecular flexibility index (Phi) is 37.5. The van der Waals surface area contributed by atoms with Crippen LogP contribution in [0, 0.1) is 45.3 Å². The van der Waals surface area contributed by atoms with Gasteiger partial charge in [0.25, 0.3) is 0 Å². The van der Waals surface area contributed by atoms with Crippen LogP contribution in [0.15, 0.2) is 308 Å². The molecule has 0 saturated carbocycles. The van der Waals surface area contributed by atoms with Crippen molar-refractivity contribution in [2.75, 3.05) is 37.9 Å². The molecule has 0 N–H and O–H groups in total. The van der Waals surface area contributed by atoms with E-state index >= 15 is 0 Å². The van der Waals surface area contributed by atoms with E-state index in [9.17, 15) is 21.0 Å². The van der Waals surface area contributed by atoms with Crippen LogP contribution in [0.5, 0.6) is 23.0 Å². The number of alkyl halides is 1. The molecule has 0 bridgehead atoms. The molecule has 8 nitrogen and oxygen atoms in total. The lowest BCUT2D eigenvalue weighted by Crippen LogP contribution is -3.00. The van der Waals surface area contributed by atoms with Gasteiger partial charge in [-0.15, -0.1) is 0 Å². The number of benzene rings is 11. The summed E-state index contributed by atoms with van der Waals surface area (Å²) in [5, 5.41) is 43.1. The van der Waals surface area contributed by atoms with Crippen molar-refractivity contribution in [2.24, 2.45) is 0 Å². The minimum atomic E-state index is -1.90. The van der Waals surface area contributed by atoms with Crippen LogP contribution >= 0.6 is 23.2 Å². The third kappa shape index (κ3) is 24.2. The number of hydrogen-bond donors (Lipinski definition) is 0. The first kappa shape index (κ1) is 88.1. The van der Waals surface area contributed by atoms with Crippen molar-refractivity contribution in [2.45, 2.75) is 91.9 Å². The van der Waals surface area contributed by atoms with Gasteiger partial charge in [0.1, 0.15) is 81.6 Å². The number of unbranched alkanes of at least 4 members (excludes halogenated alkanes) is 6. The third-order valence-electron chi connectivity index (χ3n) is 19.2. The standard InChI is InChI=1S/C58H54N2O2P.C40H39BrN2O2.3BrH/c1-3-4-17-40-61-52-36-32-49(33-37-52)58(57(47-20-9-5-10-21-47)48-30-28-46(29-31-48)45(2)51(43-59)44-60)50-34-38-53(39-35-50)62-41-18-19-42-63(54-22-11-6-12-23-54,55-24-13-7-14-25-55)56-26-15-8-16-27-56;1-3-4-9-26-44-37-21-17-34(18-22-37)40(35-19-23-38(24-20-35)45-27-10-8-25-41)39(32-11-6-5-7-12-32)33-15-13-31(14-16-33)30(2)36(28-42)29-43;;;/h5-16,20-39H,3-4,17-19,40-42H2,1-2H3;5-7,11-24H,3-4,8-10,25-27H2,1-2H3;3*1H/q+1;;;;/p-3/b58-57-;;;;. The van der Waals surface area contributed by atoms with Gasteiger partial charge in [0.05, 0.1) is 32.6 Å². The van der Waals surface area contributed by atoms with E-state index in [4.69, 9.17) is 18.9 Å². The molecule has 564 valence electrons. The Bertz CT molecular complexity index is 4770. The summed E-state index contributed by atoms with van der Waals surface area (Å²) < 4.78 is 24.7. The van der Waals surface area contributed by atoms with Crippen LogP contribution < -0.4 is 85.8 Å². The van der Waals surface area contributed by atoms with E-state index in [-0.39, 0.29) is 62.1 Å². The first-order valence-electron chi connectivity index (χ1n) is 37.5. The van der Waals surface area contributed by atoms with E-state index < -0.39 is 7.26 Å². The number of halogens is 4. The van der Waals surface area contributed by atoms with E-state index in [0.717, 1.165) is 177 Å². The molecule has 0 spiro atoms. The Balaban J connectivity index is 0.000000317. The maximum absolute atomic E-state index is 9.55. The molecule has 0 unspecified atom stereocenters. The van der Waals surface area contributed by atoms with E-state index in [1.54, 1.807) is 0 Å². The minimum Gasteiger partial charge on any atom is -1.00 e. The van der Waals surface area contributed by atoms with Gasteiger partial charge in [-0.3, -0.25) is 0 Å². The second-order valence-electron chi connectivity index (χ2n) is 26.4. The fraction of sp³-hybridized carbons (Fsp3) is 0.204. The quantitative estimate of drug-likeness (QED) is 0.0128. The molecule has 11 aromatic rings. The molecule has 0 saturated heterocycles. The molecule has 0 fully saturated rings. The van der Waals surface area contributed by atoms with Crippen molar-refractivity contribution < 1.29 is 69.9 Å². The molecular weight excluding hydrogens is 1650 g/mol. The van der Waals surface area contributed by atoms with Crippen LogP contribution in [0.1, 0.15) is 148 Å². The lowest BCUT2D eigenvalue weighted by Gasteiger charge is -2.27. The molecule has 0 aliphatic heterocycles. The van der Waals surface area contributed by atoms with Crippen molar-refractivity contribution in [1.29, 1.82) is 21.0 Å². The maximum Gasteiger partial charge on any atom is 0.133 e. The summed E-state index contributed by atoms with van der Waals surface area (Å²) in [5.74, 6) is 3.40. The third-order valence-corrected chi connectivity index (χ3v) is 24.3. The summed E-state index contributed by atoms with van der Waals surface area (Å²) >= 11 is 3.49. The fourth-order valence-corrected chi connectivity index (χ4v) is 18.2. The zero-order valence-electron chi connectivity index (χ0n) is 63.5. The topological polar surface area (TPSA) is 132 Å². The minimum absolute atomic E-state index is 0. The van der Waals surface area contributed by atoms with Crippen molar-refractivity contribution in [1.82, 2.24) is 0 Å². The Morgan fingerprint density at radius 1 is 0.279 bits per heavy atom. The van der Waals surface area contributed by atoms with Crippen LogP contribution in [0.2, 0.25) is 0 Å². The highest BCUT2D eigenvalue weighted by atomic mass is 79.9. The summed E-state index contributed by atoms with van der Waals surface area (Å²) in [5.41, 5.74) is 16.0. The highest BCUT2D eigenvalue weighted by molar-refractivity contribution is 9.09. The van der Waals surface area contributed by atoms with Gasteiger partial charge in [-0.2, -0.15) is 21.0 Å². The molecule has 0 heterocycles. The maximum atomic E-state index is 9.55. The van der Waals surface area contributed by atoms with Gasteiger partial charge >= 0.3 is 0 Å². The van der Waals surface area contributed by atoms with Gasteiger partial charge < -0.3 is 69.9 Å². The van der Waals surface area contributed by atoms with Crippen LogP contribution in [0.25, 0.3) is 33.4 Å². The molecule has 0 radical (unpaired) electrons. The number of allylic oxidation sites excluding steroid dienone is 4. The lowest BCUT2D eigenvalue weighted by molar-refractivity contribution is -0.001000. The number of ether oxygens (including phenoxy) is 4. The molecule has 11 rings (SSSR count). The number of rotatable bonds is 34. The molecule has 0 aliphatic carbocycles. The van der Waals surface area contributed by atoms with Crippen LogP contribution in [0.3, 0.4) is 0 Å². The van der Waals surface area contributed by atoms with Gasteiger partial charge in [0.15, 0.2) is 0 Å². The van der Waals surface area contributed by atoms with Crippen molar-refractivity contribution in [3.63, 3.8) is 0 Å². The van der Waals surface area contributed by atoms with E-state index in [1.165, 1.54) is 15.9 Å². The summed E-state index contributed by atoms with van der Waals surface area (Å²) in [4.78, 5) is 0. The monoisotopic (exact) mass is 1740 g/mol. The van der Waals surface area contributed by atoms with Crippen LogP contribution in [-0.4, -0.2) is 37.9 Å². The fourth-order valence-electron chi connectivity index (χ4n) is 13.3. The van der Waals surface area contributed by atoms with Crippen molar-refractivity contribution in [3.8, 4) is 47.3 Å². The molecule has 0 amide bonds. The summed E-state index contributed by atoms with van der Waals surface area (Å²) in [6, 6.07) is 112. The average molecular weight is 1740 g/mol. The first-order valence-corrected chi connectivity index (χ1v) is 40.6. The lowest BCUT2D eigenvalue weighted by atomic mass is 9.85.